The minimum Gasteiger partial charge on any atom is -0.202 e. The molecule has 0 fully saturated rings. The smallest absolute Gasteiger partial charge is 0.202 e. The molecule has 0 aliphatic carbocycles. The van der Waals surface area contributed by atoms with Crippen molar-refractivity contribution in [3.8, 4) is 0 Å². The fourth-order valence-corrected chi connectivity index (χ4v) is 3.85. The van der Waals surface area contributed by atoms with Crippen LogP contribution in [0.25, 0.3) is 0 Å². The standard InChI is InChI=1S/C21H44N2O2S/c1-3-5-6-7-8-9-10-11-12-13-14-15-16-17-18-19-21-23-26(24,25)22-20-4-2/h11-12,22-23H,3-10,13-21H2,1-2H3. The van der Waals surface area contributed by atoms with Crippen LogP contribution in [-0.2, 0) is 10.2 Å². The summed E-state index contributed by atoms with van der Waals surface area (Å²) in [6, 6.07) is 0. The minimum atomic E-state index is -3.27. The lowest BCUT2D eigenvalue weighted by Gasteiger charge is -2.07. The molecule has 0 amide bonds. The second-order valence-electron chi connectivity index (χ2n) is 7.23. The molecule has 0 saturated carbocycles. The highest BCUT2D eigenvalue weighted by Crippen LogP contribution is 2.09. The molecule has 0 aliphatic rings. The summed E-state index contributed by atoms with van der Waals surface area (Å²) in [5, 5.41) is 0. The van der Waals surface area contributed by atoms with E-state index in [4.69, 9.17) is 0 Å². The van der Waals surface area contributed by atoms with Crippen LogP contribution in [0.15, 0.2) is 12.2 Å². The van der Waals surface area contributed by atoms with Crippen LogP contribution >= 0.6 is 0 Å². The fourth-order valence-electron chi connectivity index (χ4n) is 2.87. The zero-order valence-electron chi connectivity index (χ0n) is 17.4. The van der Waals surface area contributed by atoms with E-state index in [2.05, 4.69) is 28.5 Å². The van der Waals surface area contributed by atoms with Crippen molar-refractivity contribution in [1.82, 2.24) is 9.44 Å². The van der Waals surface area contributed by atoms with Gasteiger partial charge < -0.3 is 0 Å². The normalized spacial score (nSPS) is 12.2. The first kappa shape index (κ1) is 25.6. The molecule has 2 N–H and O–H groups in total. The molecule has 0 aromatic heterocycles. The average Bonchev–Trinajstić information content (AvgIpc) is 2.62. The molecule has 0 aliphatic heterocycles. The Morgan fingerprint density at radius 3 is 1.58 bits per heavy atom. The first-order valence-electron chi connectivity index (χ1n) is 11.0. The Balaban J connectivity index is 3.25. The molecule has 156 valence electrons. The molecule has 0 bridgehead atoms. The number of unbranched alkanes of at least 4 members (excludes halogenated alkanes) is 12. The number of nitrogens with one attached hydrogen (secondary N) is 2. The third-order valence-electron chi connectivity index (χ3n) is 4.52. The zero-order chi connectivity index (χ0) is 19.3. The minimum absolute atomic E-state index is 0.503. The van der Waals surface area contributed by atoms with E-state index >= 15 is 0 Å². The van der Waals surface area contributed by atoms with Gasteiger partial charge in [0, 0.05) is 13.1 Å². The van der Waals surface area contributed by atoms with Gasteiger partial charge in [-0.1, -0.05) is 83.8 Å². The van der Waals surface area contributed by atoms with Gasteiger partial charge in [-0.05, 0) is 38.5 Å². The van der Waals surface area contributed by atoms with Gasteiger partial charge >= 0.3 is 0 Å². The Labute approximate surface area is 163 Å². The number of rotatable bonds is 20. The monoisotopic (exact) mass is 388 g/mol. The number of hydrogen-bond donors (Lipinski definition) is 2. The van der Waals surface area contributed by atoms with Crippen LogP contribution in [0.2, 0.25) is 0 Å². The highest BCUT2D eigenvalue weighted by atomic mass is 32.2. The van der Waals surface area contributed by atoms with Crippen LogP contribution < -0.4 is 9.44 Å². The van der Waals surface area contributed by atoms with Gasteiger partial charge in [-0.2, -0.15) is 8.42 Å². The van der Waals surface area contributed by atoms with Crippen molar-refractivity contribution in [3.05, 3.63) is 12.2 Å². The van der Waals surface area contributed by atoms with Gasteiger partial charge in [0.25, 0.3) is 10.2 Å². The van der Waals surface area contributed by atoms with E-state index in [0.717, 1.165) is 19.3 Å². The van der Waals surface area contributed by atoms with Crippen molar-refractivity contribution in [2.24, 2.45) is 0 Å². The van der Waals surface area contributed by atoms with E-state index in [1.165, 1.54) is 77.0 Å². The third-order valence-corrected chi connectivity index (χ3v) is 5.69. The molecule has 0 saturated heterocycles. The molecule has 0 heterocycles. The largest absolute Gasteiger partial charge is 0.276 e. The summed E-state index contributed by atoms with van der Waals surface area (Å²) >= 11 is 0. The SMILES string of the molecule is CCCCCCCCC=CCCCCCCCCNS(=O)(=O)NCCC. The highest BCUT2D eigenvalue weighted by Gasteiger charge is 2.06. The van der Waals surface area contributed by atoms with Crippen molar-refractivity contribution in [2.45, 2.75) is 110 Å². The van der Waals surface area contributed by atoms with Crippen LogP contribution in [0.1, 0.15) is 110 Å². The third kappa shape index (κ3) is 19.9. The molecular weight excluding hydrogens is 344 g/mol. The Bertz CT molecular complexity index is 408. The van der Waals surface area contributed by atoms with E-state index in [0.29, 0.717) is 13.1 Å². The van der Waals surface area contributed by atoms with E-state index in [-0.39, 0.29) is 0 Å². The van der Waals surface area contributed by atoms with Gasteiger partial charge in [-0.3, -0.25) is 0 Å². The molecular formula is C21H44N2O2S. The summed E-state index contributed by atoms with van der Waals surface area (Å²) in [7, 11) is -3.27. The predicted octanol–water partition coefficient (Wildman–Crippen LogP) is 5.86. The van der Waals surface area contributed by atoms with E-state index in [1.54, 1.807) is 0 Å². The van der Waals surface area contributed by atoms with Gasteiger partial charge in [0.1, 0.15) is 0 Å². The Morgan fingerprint density at radius 2 is 1.04 bits per heavy atom. The quantitative estimate of drug-likeness (QED) is 0.203. The van der Waals surface area contributed by atoms with Gasteiger partial charge in [-0.15, -0.1) is 0 Å². The molecule has 4 nitrogen and oxygen atoms in total. The Kier molecular flexibility index (Phi) is 19.1. The number of allylic oxidation sites excluding steroid dienone is 2. The predicted molar refractivity (Wildman–Crippen MR) is 115 cm³/mol. The summed E-state index contributed by atoms with van der Waals surface area (Å²) in [6.45, 7) is 5.26. The molecule has 26 heavy (non-hydrogen) atoms. The molecule has 0 atom stereocenters. The van der Waals surface area contributed by atoms with Crippen molar-refractivity contribution in [1.29, 1.82) is 0 Å². The van der Waals surface area contributed by atoms with Crippen molar-refractivity contribution >= 4 is 10.2 Å². The summed E-state index contributed by atoms with van der Waals surface area (Å²) in [6.07, 6.45) is 23.3. The van der Waals surface area contributed by atoms with E-state index in [1.807, 2.05) is 6.92 Å². The van der Waals surface area contributed by atoms with E-state index < -0.39 is 10.2 Å². The van der Waals surface area contributed by atoms with Gasteiger partial charge in [0.2, 0.25) is 0 Å². The van der Waals surface area contributed by atoms with Gasteiger partial charge in [0.05, 0.1) is 0 Å². The average molecular weight is 389 g/mol. The number of hydrogen-bond acceptors (Lipinski definition) is 2. The molecule has 0 unspecified atom stereocenters. The van der Waals surface area contributed by atoms with Gasteiger partial charge in [0.15, 0.2) is 0 Å². The molecule has 0 spiro atoms. The summed E-state index contributed by atoms with van der Waals surface area (Å²) in [5.74, 6) is 0. The van der Waals surface area contributed by atoms with Crippen molar-refractivity contribution < 1.29 is 8.42 Å². The highest BCUT2D eigenvalue weighted by molar-refractivity contribution is 7.87. The molecule has 0 radical (unpaired) electrons. The maximum Gasteiger partial charge on any atom is 0.276 e. The lowest BCUT2D eigenvalue weighted by Crippen LogP contribution is -2.37. The zero-order valence-corrected chi connectivity index (χ0v) is 18.2. The van der Waals surface area contributed by atoms with E-state index in [9.17, 15) is 8.42 Å². The maximum atomic E-state index is 11.5. The van der Waals surface area contributed by atoms with Crippen LogP contribution in [0.3, 0.4) is 0 Å². The molecule has 0 rings (SSSR count). The lowest BCUT2D eigenvalue weighted by atomic mass is 10.1. The van der Waals surface area contributed by atoms with Crippen LogP contribution in [0.4, 0.5) is 0 Å². The van der Waals surface area contributed by atoms with Crippen LogP contribution in [0.5, 0.6) is 0 Å². The maximum absolute atomic E-state index is 11.5. The summed E-state index contributed by atoms with van der Waals surface area (Å²) in [5.41, 5.74) is 0. The van der Waals surface area contributed by atoms with Crippen LogP contribution in [-0.4, -0.2) is 21.5 Å². The second-order valence-corrected chi connectivity index (χ2v) is 8.81. The summed E-state index contributed by atoms with van der Waals surface area (Å²) < 4.78 is 28.2. The van der Waals surface area contributed by atoms with Crippen LogP contribution in [0, 0.1) is 0 Å². The summed E-state index contributed by atoms with van der Waals surface area (Å²) in [4.78, 5) is 0. The fraction of sp³-hybridized carbons (Fsp3) is 0.905. The second kappa shape index (κ2) is 19.4. The molecule has 0 aromatic carbocycles. The van der Waals surface area contributed by atoms with Gasteiger partial charge in [-0.25, -0.2) is 9.44 Å². The first-order valence-corrected chi connectivity index (χ1v) is 12.5. The lowest BCUT2D eigenvalue weighted by molar-refractivity contribution is 0.554. The molecule has 5 heteroatoms. The van der Waals surface area contributed by atoms with Crippen molar-refractivity contribution in [2.75, 3.05) is 13.1 Å². The topological polar surface area (TPSA) is 58.2 Å². The Morgan fingerprint density at radius 1 is 0.577 bits per heavy atom. The van der Waals surface area contributed by atoms with Crippen molar-refractivity contribution in [3.63, 3.8) is 0 Å². The first-order chi connectivity index (χ1) is 12.6. The molecule has 0 aromatic rings. The Hall–Kier alpha value is -0.390.